The molecule has 3 aromatic rings. The van der Waals surface area contributed by atoms with E-state index in [0.717, 1.165) is 44.7 Å². The monoisotopic (exact) mass is 1130 g/mol. The van der Waals surface area contributed by atoms with Gasteiger partial charge in [0.25, 0.3) is 0 Å². The molecule has 0 bridgehead atoms. The molecule has 448 valence electrons. The van der Waals surface area contributed by atoms with Gasteiger partial charge in [-0.2, -0.15) is 0 Å². The summed E-state index contributed by atoms with van der Waals surface area (Å²) in [6, 6.07) is 31.8. The number of carbonyl (C=O) groups is 2. The average Bonchev–Trinajstić information content (AvgIpc) is 3.43. The number of carbonyl (C=O) groups excluding carboxylic acids is 2. The van der Waals surface area contributed by atoms with Crippen molar-refractivity contribution in [2.75, 3.05) is 33.9 Å². The van der Waals surface area contributed by atoms with Gasteiger partial charge in [0.05, 0.1) is 53.7 Å². The SMILES string of the molecule is CC[C@H]1OC(=O)[C@H](C)[C@@H](C2C[C@@](C)(OC)[C@@H](O)[C@H](C)O2)[C@H](C)[C@@H](O[C@@H]2O[C@H](C)C[C@H](N(C)C)[C@H]2O)[C@](C)(O)C[C@@H](C)CN(C(=O)CCCCCCCCC[P+](c2ccccc2)(c2ccccc2)c2ccccc2)[C@H](C)[C@@H](O)[C@]1(C)O. The highest BCUT2D eigenvalue weighted by molar-refractivity contribution is 7.95. The zero-order valence-corrected chi connectivity index (χ0v) is 51.5. The third-order valence-electron chi connectivity index (χ3n) is 18.6. The summed E-state index contributed by atoms with van der Waals surface area (Å²) in [6.07, 6.45) is 0.325. The average molecular weight is 1130 g/mol. The lowest BCUT2D eigenvalue weighted by molar-refractivity contribution is -0.302. The predicted molar refractivity (Wildman–Crippen MR) is 319 cm³/mol. The van der Waals surface area contributed by atoms with Crippen molar-refractivity contribution in [2.45, 2.75) is 230 Å². The van der Waals surface area contributed by atoms with Gasteiger partial charge >= 0.3 is 5.97 Å². The number of hydrogen-bond donors (Lipinski definition) is 5. The van der Waals surface area contributed by atoms with Crippen LogP contribution < -0.4 is 15.9 Å². The number of methoxy groups -OCH3 is 1. The number of aliphatic hydroxyl groups excluding tert-OH is 3. The molecule has 6 rings (SSSR count). The number of ether oxygens (including phenoxy) is 5. The molecule has 1 unspecified atom stereocenters. The summed E-state index contributed by atoms with van der Waals surface area (Å²) in [6.45, 7) is 17.8. The van der Waals surface area contributed by atoms with Crippen LogP contribution in [0.4, 0.5) is 0 Å². The van der Waals surface area contributed by atoms with Crippen LogP contribution in [0.5, 0.6) is 0 Å². The number of amides is 1. The van der Waals surface area contributed by atoms with E-state index in [-0.39, 0.29) is 56.2 Å². The number of hydrogen-bond acceptors (Lipinski definition) is 13. The number of esters is 1. The van der Waals surface area contributed by atoms with Crippen LogP contribution in [-0.2, 0) is 33.3 Å². The molecule has 80 heavy (non-hydrogen) atoms. The van der Waals surface area contributed by atoms with Gasteiger partial charge in [0.15, 0.2) is 6.29 Å². The van der Waals surface area contributed by atoms with E-state index in [2.05, 4.69) is 91.0 Å². The fourth-order valence-electron chi connectivity index (χ4n) is 13.9. The predicted octanol–water partition coefficient (Wildman–Crippen LogP) is 8.19. The van der Waals surface area contributed by atoms with Crippen molar-refractivity contribution in [3.8, 4) is 0 Å². The maximum atomic E-state index is 14.8. The second kappa shape index (κ2) is 28.9. The number of rotatable bonds is 19. The molecule has 0 spiro atoms. The quantitative estimate of drug-likeness (QED) is 0.0440. The van der Waals surface area contributed by atoms with Crippen LogP contribution in [-0.4, -0.2) is 165 Å². The molecule has 3 aromatic carbocycles. The van der Waals surface area contributed by atoms with E-state index in [1.165, 1.54) is 29.9 Å². The lowest BCUT2D eigenvalue weighted by Crippen LogP contribution is -2.61. The van der Waals surface area contributed by atoms with Gasteiger partial charge in [-0.05, 0) is 142 Å². The molecule has 5 N–H and O–H groups in total. The summed E-state index contributed by atoms with van der Waals surface area (Å²) in [5.74, 6) is -3.65. The van der Waals surface area contributed by atoms with Crippen molar-refractivity contribution >= 4 is 35.1 Å². The summed E-state index contributed by atoms with van der Waals surface area (Å²) >= 11 is 0. The molecule has 0 saturated carbocycles. The van der Waals surface area contributed by atoms with Crippen molar-refractivity contribution in [2.24, 2.45) is 23.7 Å². The maximum absolute atomic E-state index is 14.8. The van der Waals surface area contributed by atoms with Gasteiger partial charge < -0.3 is 59.0 Å². The molecule has 3 saturated heterocycles. The summed E-state index contributed by atoms with van der Waals surface area (Å²) in [4.78, 5) is 33.1. The van der Waals surface area contributed by atoms with E-state index >= 15 is 0 Å². The fraction of sp³-hybridized carbons (Fsp3) is 0.692. The van der Waals surface area contributed by atoms with E-state index in [0.29, 0.717) is 12.8 Å². The fourth-order valence-corrected chi connectivity index (χ4v) is 18.3. The third kappa shape index (κ3) is 15.3. The van der Waals surface area contributed by atoms with E-state index < -0.39 is 103 Å². The first kappa shape index (κ1) is 65.8. The van der Waals surface area contributed by atoms with Crippen LogP contribution in [0.3, 0.4) is 0 Å². The molecule has 3 fully saturated rings. The number of unbranched alkanes of at least 4 members (excludes halogenated alkanes) is 6. The molecule has 1 amide bonds. The normalized spacial score (nSPS) is 36.2. The lowest BCUT2D eigenvalue weighted by Gasteiger charge is -2.51. The summed E-state index contributed by atoms with van der Waals surface area (Å²) in [7, 11) is 3.43. The molecule has 14 nitrogen and oxygen atoms in total. The minimum Gasteiger partial charge on any atom is -0.459 e. The van der Waals surface area contributed by atoms with Gasteiger partial charge in [-0.1, -0.05) is 108 Å². The highest BCUT2D eigenvalue weighted by atomic mass is 31.2. The van der Waals surface area contributed by atoms with Crippen molar-refractivity contribution in [1.29, 1.82) is 0 Å². The number of benzene rings is 3. The van der Waals surface area contributed by atoms with Crippen molar-refractivity contribution < 1.29 is 58.8 Å². The second-order valence-electron chi connectivity index (χ2n) is 25.1. The minimum atomic E-state index is -1.99. The summed E-state index contributed by atoms with van der Waals surface area (Å²) in [5, 5.41) is 65.1. The van der Waals surface area contributed by atoms with Crippen LogP contribution in [0.1, 0.15) is 146 Å². The molecule has 18 atom stereocenters. The second-order valence-corrected chi connectivity index (χ2v) is 28.7. The van der Waals surface area contributed by atoms with E-state index in [9.17, 15) is 35.1 Å². The Morgan fingerprint density at radius 3 is 1.79 bits per heavy atom. The molecule has 0 radical (unpaired) electrons. The molecule has 3 aliphatic rings. The zero-order valence-electron chi connectivity index (χ0n) is 50.7. The Labute approximate surface area is 480 Å². The van der Waals surface area contributed by atoms with Crippen molar-refractivity contribution in [1.82, 2.24) is 9.80 Å². The molecule has 15 heteroatoms. The third-order valence-corrected chi connectivity index (χ3v) is 23.1. The standard InChI is InChI=1S/C65H102N2O12P/c1-14-54-65(10,74)58(70)47(6)67(55(68)37-29-18-16-15-17-19-30-38-80(49-31-23-20-24-32-49,50-33-25-21-26-34-50)51-35-27-22-28-36-51)42-43(2)40-63(8,73)60(79-62-57(69)52(66(11)12)39-44(3)76-62)45(4)56(46(5)61(72)78-54)53-41-64(9,75-13)59(71)48(7)77-53/h20-28,31-36,43-48,52-54,56-60,62,69-71,73-74H,14-19,29-30,37-42H2,1-13H3/q+1/t43-,44-,45+,46-,47-,48+,52+,53?,54-,56+,57-,58-,59+,60-,62+,63-,64-,65-/m1/s1. The van der Waals surface area contributed by atoms with Gasteiger partial charge in [0.1, 0.15) is 53.2 Å². The summed E-state index contributed by atoms with van der Waals surface area (Å²) in [5.41, 5.74) is -4.73. The first-order valence-electron chi connectivity index (χ1n) is 30.1. The highest BCUT2D eigenvalue weighted by Crippen LogP contribution is 2.56. The zero-order chi connectivity index (χ0) is 58.7. The molecular formula is C65H102N2O12P+. The van der Waals surface area contributed by atoms with Crippen LogP contribution in [0, 0.1) is 23.7 Å². The minimum absolute atomic E-state index is 0.102. The molecule has 0 aliphatic carbocycles. The van der Waals surface area contributed by atoms with Gasteiger partial charge in [-0.3, -0.25) is 9.59 Å². The molecule has 0 aromatic heterocycles. The topological polar surface area (TPSA) is 188 Å². The molecule has 3 heterocycles. The van der Waals surface area contributed by atoms with Crippen molar-refractivity contribution in [3.05, 3.63) is 91.0 Å². The van der Waals surface area contributed by atoms with Crippen LogP contribution in [0.25, 0.3) is 0 Å². The lowest BCUT2D eigenvalue weighted by atomic mass is 9.68. The van der Waals surface area contributed by atoms with Crippen LogP contribution in [0.2, 0.25) is 0 Å². The van der Waals surface area contributed by atoms with Crippen molar-refractivity contribution in [3.63, 3.8) is 0 Å². The number of cyclic esters (lactones) is 1. The number of likely N-dealkylation sites (N-methyl/N-ethyl adjacent to an activating group) is 1. The first-order valence-corrected chi connectivity index (χ1v) is 32.0. The Morgan fingerprint density at radius 2 is 1.27 bits per heavy atom. The van der Waals surface area contributed by atoms with Gasteiger partial charge in [-0.25, -0.2) is 0 Å². The Morgan fingerprint density at radius 1 is 0.750 bits per heavy atom. The Bertz CT molecular complexity index is 2250. The van der Waals surface area contributed by atoms with E-state index in [1.54, 1.807) is 39.5 Å². The Kier molecular flexibility index (Phi) is 23.8. The Balaban J connectivity index is 1.21. The van der Waals surface area contributed by atoms with Gasteiger partial charge in [0.2, 0.25) is 5.91 Å². The summed E-state index contributed by atoms with van der Waals surface area (Å²) < 4.78 is 32.2. The van der Waals surface area contributed by atoms with Crippen LogP contribution >= 0.6 is 7.26 Å². The molecular weight excluding hydrogens is 1030 g/mol. The number of nitrogens with zero attached hydrogens (tertiary/aromatic N) is 2. The van der Waals surface area contributed by atoms with E-state index in [4.69, 9.17) is 23.7 Å². The molecule has 3 aliphatic heterocycles. The Hall–Kier alpha value is -3.37. The largest absolute Gasteiger partial charge is 0.459 e. The smallest absolute Gasteiger partial charge is 0.309 e. The van der Waals surface area contributed by atoms with E-state index in [1.807, 2.05) is 46.7 Å². The van der Waals surface area contributed by atoms with Gasteiger partial charge in [0, 0.05) is 38.5 Å². The maximum Gasteiger partial charge on any atom is 0.309 e. The van der Waals surface area contributed by atoms with Crippen LogP contribution in [0.15, 0.2) is 91.0 Å². The highest BCUT2D eigenvalue weighted by Gasteiger charge is 2.55. The first-order chi connectivity index (χ1) is 37.8. The number of aliphatic hydroxyl groups is 5. The van der Waals surface area contributed by atoms with Gasteiger partial charge in [-0.15, -0.1) is 0 Å².